The SMILES string of the molecule is Cc1ccccc1-c1csc(NC(=O)COCC(F)(F)F)n1. The van der Waals surface area contributed by atoms with Crippen LogP contribution in [-0.4, -0.2) is 30.3 Å². The van der Waals surface area contributed by atoms with Gasteiger partial charge in [0, 0.05) is 10.9 Å². The molecule has 0 aliphatic carbocycles. The number of aryl methyl sites for hydroxylation is 1. The number of halogens is 3. The summed E-state index contributed by atoms with van der Waals surface area (Å²) in [7, 11) is 0. The number of hydrogen-bond donors (Lipinski definition) is 1. The van der Waals surface area contributed by atoms with Gasteiger partial charge in [0.15, 0.2) is 5.13 Å². The third-order valence-electron chi connectivity index (χ3n) is 2.67. The molecule has 0 aliphatic rings. The smallest absolute Gasteiger partial charge is 0.362 e. The number of anilines is 1. The number of rotatable bonds is 5. The van der Waals surface area contributed by atoms with Crippen LogP contribution in [0, 0.1) is 6.92 Å². The molecule has 2 rings (SSSR count). The van der Waals surface area contributed by atoms with Crippen LogP contribution in [0.1, 0.15) is 5.56 Å². The zero-order chi connectivity index (χ0) is 16.2. The average molecular weight is 330 g/mol. The van der Waals surface area contributed by atoms with Crippen molar-refractivity contribution in [3.8, 4) is 11.3 Å². The predicted octanol–water partition coefficient (Wildman–Crippen LogP) is 3.64. The van der Waals surface area contributed by atoms with Gasteiger partial charge in [-0.2, -0.15) is 13.2 Å². The molecule has 0 saturated heterocycles. The number of carbonyl (C=O) groups excluding carboxylic acids is 1. The lowest BCUT2D eigenvalue weighted by Gasteiger charge is -2.06. The maximum Gasteiger partial charge on any atom is 0.411 e. The van der Waals surface area contributed by atoms with Crippen LogP contribution in [0.4, 0.5) is 18.3 Å². The Morgan fingerprint density at radius 3 is 2.77 bits per heavy atom. The van der Waals surface area contributed by atoms with Crippen LogP contribution in [0.5, 0.6) is 0 Å². The first-order chi connectivity index (χ1) is 10.3. The summed E-state index contributed by atoms with van der Waals surface area (Å²) in [6, 6.07) is 7.64. The van der Waals surface area contributed by atoms with Crippen LogP contribution >= 0.6 is 11.3 Å². The number of benzene rings is 1. The summed E-state index contributed by atoms with van der Waals surface area (Å²) in [5, 5.41) is 4.50. The van der Waals surface area contributed by atoms with E-state index in [-0.39, 0.29) is 0 Å². The minimum atomic E-state index is -4.44. The second-order valence-corrected chi connectivity index (χ2v) is 5.37. The number of ether oxygens (including phenoxy) is 1. The van der Waals surface area contributed by atoms with Crippen LogP contribution < -0.4 is 5.32 Å². The highest BCUT2D eigenvalue weighted by Gasteiger charge is 2.27. The fraction of sp³-hybridized carbons (Fsp3) is 0.286. The molecular formula is C14H13F3N2O2S. The Kier molecular flexibility index (Phi) is 5.15. The third kappa shape index (κ3) is 4.81. The van der Waals surface area contributed by atoms with E-state index < -0.39 is 25.3 Å². The predicted molar refractivity (Wildman–Crippen MR) is 77.8 cm³/mol. The summed E-state index contributed by atoms with van der Waals surface area (Å²) < 4.78 is 40.0. The molecule has 0 atom stereocenters. The van der Waals surface area contributed by atoms with Crippen molar-refractivity contribution < 1.29 is 22.7 Å². The molecule has 22 heavy (non-hydrogen) atoms. The average Bonchev–Trinajstić information content (AvgIpc) is 2.86. The van der Waals surface area contributed by atoms with Crippen LogP contribution in [0.3, 0.4) is 0 Å². The van der Waals surface area contributed by atoms with E-state index >= 15 is 0 Å². The molecule has 0 fully saturated rings. The van der Waals surface area contributed by atoms with Crippen LogP contribution in [0.15, 0.2) is 29.6 Å². The van der Waals surface area contributed by atoms with Gasteiger partial charge in [-0.25, -0.2) is 4.98 Å². The summed E-state index contributed by atoms with van der Waals surface area (Å²) in [6.45, 7) is -0.177. The molecule has 0 bridgehead atoms. The quantitative estimate of drug-likeness (QED) is 0.911. The molecule has 1 amide bonds. The highest BCUT2D eigenvalue weighted by Crippen LogP contribution is 2.27. The van der Waals surface area contributed by atoms with Gasteiger partial charge in [-0.3, -0.25) is 10.1 Å². The number of alkyl halides is 3. The zero-order valence-corrected chi connectivity index (χ0v) is 12.4. The van der Waals surface area contributed by atoms with E-state index in [4.69, 9.17) is 0 Å². The minimum absolute atomic E-state index is 0.318. The largest absolute Gasteiger partial charge is 0.411 e. The maximum atomic E-state index is 11.9. The molecule has 1 aromatic heterocycles. The minimum Gasteiger partial charge on any atom is -0.362 e. The van der Waals surface area contributed by atoms with E-state index in [1.165, 1.54) is 11.3 Å². The Balaban J connectivity index is 1.92. The summed E-state index contributed by atoms with van der Waals surface area (Å²) in [5.41, 5.74) is 2.68. The highest BCUT2D eigenvalue weighted by atomic mass is 32.1. The van der Waals surface area contributed by atoms with Crippen molar-refractivity contribution in [2.75, 3.05) is 18.5 Å². The first-order valence-corrected chi connectivity index (χ1v) is 7.19. The number of nitrogens with zero attached hydrogens (tertiary/aromatic N) is 1. The lowest BCUT2D eigenvalue weighted by Crippen LogP contribution is -2.23. The molecule has 1 heterocycles. The van der Waals surface area contributed by atoms with E-state index in [9.17, 15) is 18.0 Å². The molecule has 2 aromatic rings. The van der Waals surface area contributed by atoms with Gasteiger partial charge in [0.25, 0.3) is 5.91 Å². The third-order valence-corrected chi connectivity index (χ3v) is 3.43. The van der Waals surface area contributed by atoms with Gasteiger partial charge in [-0.1, -0.05) is 24.3 Å². The zero-order valence-electron chi connectivity index (χ0n) is 11.6. The number of hydrogen-bond acceptors (Lipinski definition) is 4. The van der Waals surface area contributed by atoms with E-state index in [1.807, 2.05) is 31.2 Å². The van der Waals surface area contributed by atoms with Gasteiger partial charge < -0.3 is 4.74 Å². The first-order valence-electron chi connectivity index (χ1n) is 6.31. The van der Waals surface area contributed by atoms with E-state index in [2.05, 4.69) is 15.0 Å². The van der Waals surface area contributed by atoms with Crippen molar-refractivity contribution in [1.82, 2.24) is 4.98 Å². The fourth-order valence-corrected chi connectivity index (χ4v) is 2.46. The normalized spacial score (nSPS) is 11.5. The van der Waals surface area contributed by atoms with Crippen molar-refractivity contribution in [2.45, 2.75) is 13.1 Å². The van der Waals surface area contributed by atoms with Gasteiger partial charge in [-0.05, 0) is 12.5 Å². The van der Waals surface area contributed by atoms with E-state index in [0.717, 1.165) is 11.1 Å². The maximum absolute atomic E-state index is 11.9. The number of nitrogens with one attached hydrogen (secondary N) is 1. The Morgan fingerprint density at radius 2 is 2.09 bits per heavy atom. The van der Waals surface area contributed by atoms with Gasteiger partial charge in [0.05, 0.1) is 5.69 Å². The Labute approximate surface area is 128 Å². The molecule has 8 heteroatoms. The molecule has 0 saturated carbocycles. The summed E-state index contributed by atoms with van der Waals surface area (Å²) in [5.74, 6) is -0.671. The first kappa shape index (κ1) is 16.4. The fourth-order valence-electron chi connectivity index (χ4n) is 1.73. The summed E-state index contributed by atoms with van der Waals surface area (Å²) >= 11 is 1.20. The van der Waals surface area contributed by atoms with Crippen molar-refractivity contribution in [3.05, 3.63) is 35.2 Å². The van der Waals surface area contributed by atoms with E-state index in [0.29, 0.717) is 10.8 Å². The number of aromatic nitrogens is 1. The van der Waals surface area contributed by atoms with Gasteiger partial charge in [0.1, 0.15) is 13.2 Å². The second-order valence-electron chi connectivity index (χ2n) is 4.51. The lowest BCUT2D eigenvalue weighted by molar-refractivity contribution is -0.174. The standard InChI is InChI=1S/C14H13F3N2O2S/c1-9-4-2-3-5-10(9)11-7-22-13(18-11)19-12(20)6-21-8-14(15,16)17/h2-5,7H,6,8H2,1H3,(H,18,19,20). The molecule has 4 nitrogen and oxygen atoms in total. The number of carbonyl (C=O) groups is 1. The lowest BCUT2D eigenvalue weighted by atomic mass is 10.1. The summed E-state index contributed by atoms with van der Waals surface area (Å²) in [6.07, 6.45) is -4.44. The van der Waals surface area contributed by atoms with Gasteiger partial charge in [-0.15, -0.1) is 11.3 Å². The number of amides is 1. The second kappa shape index (κ2) is 6.89. The van der Waals surface area contributed by atoms with Gasteiger partial charge in [0.2, 0.25) is 0 Å². The molecule has 1 aromatic carbocycles. The van der Waals surface area contributed by atoms with Crippen molar-refractivity contribution in [3.63, 3.8) is 0 Å². The molecule has 0 aliphatic heterocycles. The Morgan fingerprint density at radius 1 is 1.36 bits per heavy atom. The Hall–Kier alpha value is -1.93. The summed E-state index contributed by atoms with van der Waals surface area (Å²) in [4.78, 5) is 15.7. The highest BCUT2D eigenvalue weighted by molar-refractivity contribution is 7.14. The van der Waals surface area contributed by atoms with E-state index in [1.54, 1.807) is 5.38 Å². The van der Waals surface area contributed by atoms with Gasteiger partial charge >= 0.3 is 6.18 Å². The Bertz CT molecular complexity index is 656. The molecule has 0 spiro atoms. The topological polar surface area (TPSA) is 51.2 Å². The van der Waals surface area contributed by atoms with Crippen molar-refractivity contribution >= 4 is 22.4 Å². The molecule has 0 unspecified atom stereocenters. The number of thiazole rings is 1. The van der Waals surface area contributed by atoms with Crippen LogP contribution in [0.25, 0.3) is 11.3 Å². The molecular weight excluding hydrogens is 317 g/mol. The van der Waals surface area contributed by atoms with Crippen LogP contribution in [-0.2, 0) is 9.53 Å². The van der Waals surface area contributed by atoms with Crippen molar-refractivity contribution in [2.24, 2.45) is 0 Å². The molecule has 1 N–H and O–H groups in total. The van der Waals surface area contributed by atoms with Crippen molar-refractivity contribution in [1.29, 1.82) is 0 Å². The monoisotopic (exact) mass is 330 g/mol. The molecule has 0 radical (unpaired) electrons. The van der Waals surface area contributed by atoms with Crippen LogP contribution in [0.2, 0.25) is 0 Å². The molecule has 118 valence electrons.